The Morgan fingerprint density at radius 2 is 2.05 bits per heavy atom. The van der Waals surface area contributed by atoms with Crippen LogP contribution in [0.1, 0.15) is 10.4 Å². The standard InChI is InChI=1S/C12H13ClF2N2O4/c13-7-2-1-3-8(10(7)11(19)20)16-12(21)17(4-5-18)6-9(14)15/h1-3,9,18H,4-6H2,(H,16,21)(H,19,20). The van der Waals surface area contributed by atoms with E-state index in [1.54, 1.807) is 0 Å². The Kier molecular flexibility index (Phi) is 6.32. The average molecular weight is 323 g/mol. The van der Waals surface area contributed by atoms with E-state index in [1.165, 1.54) is 18.2 Å². The number of carbonyl (C=O) groups is 2. The fourth-order valence-electron chi connectivity index (χ4n) is 1.60. The molecule has 3 N–H and O–H groups in total. The summed E-state index contributed by atoms with van der Waals surface area (Å²) in [4.78, 5) is 23.6. The Bertz CT molecular complexity index is 528. The second kappa shape index (κ2) is 7.75. The summed E-state index contributed by atoms with van der Waals surface area (Å²) in [7, 11) is 0. The SMILES string of the molecule is O=C(O)c1c(Cl)cccc1NC(=O)N(CCO)CC(F)F. The Morgan fingerprint density at radius 3 is 2.57 bits per heavy atom. The van der Waals surface area contributed by atoms with Crippen molar-refractivity contribution in [1.82, 2.24) is 4.90 Å². The molecule has 0 aliphatic carbocycles. The van der Waals surface area contributed by atoms with Gasteiger partial charge in [0.05, 0.1) is 23.9 Å². The number of hydrogen-bond acceptors (Lipinski definition) is 3. The van der Waals surface area contributed by atoms with Crippen LogP contribution in [0.25, 0.3) is 0 Å². The number of rotatable bonds is 6. The number of urea groups is 1. The molecule has 0 saturated carbocycles. The van der Waals surface area contributed by atoms with Crippen LogP contribution in [-0.2, 0) is 0 Å². The zero-order chi connectivity index (χ0) is 16.0. The number of hydrogen-bond donors (Lipinski definition) is 3. The van der Waals surface area contributed by atoms with Gasteiger partial charge in [0.1, 0.15) is 5.56 Å². The van der Waals surface area contributed by atoms with E-state index in [1.807, 2.05) is 0 Å². The van der Waals surface area contributed by atoms with Gasteiger partial charge in [-0.3, -0.25) is 0 Å². The summed E-state index contributed by atoms with van der Waals surface area (Å²) in [6.45, 7) is -1.68. The van der Waals surface area contributed by atoms with Crippen LogP contribution in [0.2, 0.25) is 5.02 Å². The lowest BCUT2D eigenvalue weighted by atomic mass is 10.2. The van der Waals surface area contributed by atoms with Crippen LogP contribution >= 0.6 is 11.6 Å². The van der Waals surface area contributed by atoms with Crippen molar-refractivity contribution in [3.8, 4) is 0 Å². The predicted octanol–water partition coefficient (Wildman–Crippen LogP) is 2.13. The molecule has 0 radical (unpaired) electrons. The minimum Gasteiger partial charge on any atom is -0.478 e. The molecule has 1 aromatic carbocycles. The topological polar surface area (TPSA) is 89.9 Å². The Labute approximate surface area is 123 Å². The Morgan fingerprint density at radius 1 is 1.38 bits per heavy atom. The van der Waals surface area contributed by atoms with Crippen LogP contribution in [-0.4, -0.2) is 53.2 Å². The number of halogens is 3. The Hall–Kier alpha value is -1.93. The number of benzene rings is 1. The predicted molar refractivity (Wildman–Crippen MR) is 72.1 cm³/mol. The minimum absolute atomic E-state index is 0.0946. The second-order valence-electron chi connectivity index (χ2n) is 3.96. The average Bonchev–Trinajstić information content (AvgIpc) is 2.37. The highest BCUT2D eigenvalue weighted by molar-refractivity contribution is 6.34. The molecule has 116 valence electrons. The van der Waals surface area contributed by atoms with E-state index < -0.39 is 31.6 Å². The first-order valence-corrected chi connectivity index (χ1v) is 6.21. The third-order valence-corrected chi connectivity index (χ3v) is 2.80. The molecule has 1 aromatic rings. The number of amides is 2. The summed E-state index contributed by atoms with van der Waals surface area (Å²) in [6.07, 6.45) is -2.78. The molecular formula is C12H13ClF2N2O4. The molecule has 2 amide bonds. The van der Waals surface area contributed by atoms with E-state index >= 15 is 0 Å². The zero-order valence-electron chi connectivity index (χ0n) is 10.7. The highest BCUT2D eigenvalue weighted by Gasteiger charge is 2.21. The first kappa shape index (κ1) is 17.1. The van der Waals surface area contributed by atoms with Crippen LogP contribution in [0.4, 0.5) is 19.3 Å². The fourth-order valence-corrected chi connectivity index (χ4v) is 1.86. The summed E-state index contributed by atoms with van der Waals surface area (Å²) >= 11 is 5.73. The molecule has 0 bridgehead atoms. The summed E-state index contributed by atoms with van der Waals surface area (Å²) in [5, 5.41) is 19.9. The Balaban J connectivity index is 2.96. The van der Waals surface area contributed by atoms with E-state index in [-0.39, 0.29) is 22.8 Å². The number of carbonyl (C=O) groups excluding carboxylic acids is 1. The normalized spacial score (nSPS) is 10.5. The number of anilines is 1. The number of alkyl halides is 2. The third kappa shape index (κ3) is 4.83. The van der Waals surface area contributed by atoms with Gasteiger partial charge < -0.3 is 20.4 Å². The summed E-state index contributed by atoms with van der Waals surface area (Å²) in [5.41, 5.74) is -0.453. The maximum atomic E-state index is 12.4. The zero-order valence-corrected chi connectivity index (χ0v) is 11.5. The van der Waals surface area contributed by atoms with Crippen molar-refractivity contribution in [3.05, 3.63) is 28.8 Å². The maximum Gasteiger partial charge on any atom is 0.339 e. The van der Waals surface area contributed by atoms with Gasteiger partial charge in [-0.05, 0) is 12.1 Å². The third-order valence-electron chi connectivity index (χ3n) is 2.48. The van der Waals surface area contributed by atoms with Crippen LogP contribution in [0.15, 0.2) is 18.2 Å². The highest BCUT2D eigenvalue weighted by atomic mass is 35.5. The monoisotopic (exact) mass is 322 g/mol. The molecule has 6 nitrogen and oxygen atoms in total. The van der Waals surface area contributed by atoms with Gasteiger partial charge in [-0.25, -0.2) is 18.4 Å². The second-order valence-corrected chi connectivity index (χ2v) is 4.37. The largest absolute Gasteiger partial charge is 0.478 e. The molecule has 0 aliphatic heterocycles. The molecule has 0 spiro atoms. The summed E-state index contributed by atoms with van der Waals surface area (Å²) in [5.74, 6) is -1.36. The molecule has 0 fully saturated rings. The van der Waals surface area contributed by atoms with Crippen LogP contribution in [0.5, 0.6) is 0 Å². The van der Waals surface area contributed by atoms with Crippen LogP contribution < -0.4 is 5.32 Å². The molecule has 0 saturated heterocycles. The number of aromatic carboxylic acids is 1. The first-order chi connectivity index (χ1) is 9.86. The van der Waals surface area contributed by atoms with Crippen molar-refractivity contribution in [2.75, 3.05) is 25.0 Å². The van der Waals surface area contributed by atoms with Gasteiger partial charge in [0.2, 0.25) is 0 Å². The molecule has 0 heterocycles. The number of nitrogens with zero attached hydrogens (tertiary/aromatic N) is 1. The van der Waals surface area contributed by atoms with Crippen molar-refractivity contribution >= 4 is 29.3 Å². The quantitative estimate of drug-likeness (QED) is 0.748. The molecule has 0 aliphatic rings. The van der Waals surface area contributed by atoms with Gasteiger partial charge >= 0.3 is 12.0 Å². The van der Waals surface area contributed by atoms with Crippen molar-refractivity contribution in [2.24, 2.45) is 0 Å². The lowest BCUT2D eigenvalue weighted by molar-refractivity contribution is 0.0697. The maximum absolute atomic E-state index is 12.4. The van der Waals surface area contributed by atoms with Crippen molar-refractivity contribution in [3.63, 3.8) is 0 Å². The lowest BCUT2D eigenvalue weighted by Gasteiger charge is -2.22. The number of carboxylic acid groups (broad SMARTS) is 1. The van der Waals surface area contributed by atoms with E-state index in [0.29, 0.717) is 4.90 Å². The molecule has 9 heteroatoms. The van der Waals surface area contributed by atoms with Gasteiger partial charge in [-0.15, -0.1) is 0 Å². The summed E-state index contributed by atoms with van der Waals surface area (Å²) < 4.78 is 24.7. The highest BCUT2D eigenvalue weighted by Crippen LogP contribution is 2.24. The van der Waals surface area contributed by atoms with Gasteiger partial charge in [-0.2, -0.15) is 0 Å². The molecular weight excluding hydrogens is 310 g/mol. The fraction of sp³-hybridized carbons (Fsp3) is 0.333. The van der Waals surface area contributed by atoms with E-state index in [9.17, 15) is 18.4 Å². The van der Waals surface area contributed by atoms with Crippen LogP contribution in [0.3, 0.4) is 0 Å². The molecule has 0 aromatic heterocycles. The smallest absolute Gasteiger partial charge is 0.339 e. The van der Waals surface area contributed by atoms with E-state index in [2.05, 4.69) is 5.32 Å². The van der Waals surface area contributed by atoms with E-state index in [4.69, 9.17) is 21.8 Å². The number of nitrogens with one attached hydrogen (secondary N) is 1. The first-order valence-electron chi connectivity index (χ1n) is 5.83. The molecule has 0 atom stereocenters. The van der Waals surface area contributed by atoms with Crippen LogP contribution in [0, 0.1) is 0 Å². The lowest BCUT2D eigenvalue weighted by Crippen LogP contribution is -2.40. The minimum atomic E-state index is -2.78. The number of carboxylic acids is 1. The number of aliphatic hydroxyl groups excluding tert-OH is 1. The van der Waals surface area contributed by atoms with Gasteiger partial charge in [0.25, 0.3) is 6.43 Å². The van der Waals surface area contributed by atoms with Gasteiger partial charge in [0.15, 0.2) is 0 Å². The number of aliphatic hydroxyl groups is 1. The van der Waals surface area contributed by atoms with Gasteiger partial charge in [-0.1, -0.05) is 17.7 Å². The van der Waals surface area contributed by atoms with Crippen molar-refractivity contribution in [2.45, 2.75) is 6.43 Å². The van der Waals surface area contributed by atoms with E-state index in [0.717, 1.165) is 0 Å². The molecule has 1 rings (SSSR count). The van der Waals surface area contributed by atoms with Gasteiger partial charge in [0, 0.05) is 6.54 Å². The summed E-state index contributed by atoms with van der Waals surface area (Å²) in [6, 6.07) is 3.07. The molecule has 21 heavy (non-hydrogen) atoms. The molecule has 0 unspecified atom stereocenters. The van der Waals surface area contributed by atoms with Crippen molar-refractivity contribution < 1.29 is 28.6 Å². The van der Waals surface area contributed by atoms with Crippen molar-refractivity contribution in [1.29, 1.82) is 0 Å².